The number of amides is 2. The summed E-state index contributed by atoms with van der Waals surface area (Å²) in [7, 11) is 3.24. The molecule has 2 fully saturated rings. The van der Waals surface area contributed by atoms with Crippen molar-refractivity contribution in [2.75, 3.05) is 27.4 Å². The van der Waals surface area contributed by atoms with Gasteiger partial charge in [0.25, 0.3) is 0 Å². The minimum Gasteiger partial charge on any atom is -0.496 e. The van der Waals surface area contributed by atoms with Crippen LogP contribution in [0.25, 0.3) is 0 Å². The molecule has 2 amide bonds. The molecule has 2 atom stereocenters. The number of carbonyl (C=O) groups is 2. The summed E-state index contributed by atoms with van der Waals surface area (Å²) in [5.74, 6) is 0.537. The molecule has 27 heavy (non-hydrogen) atoms. The van der Waals surface area contributed by atoms with Crippen LogP contribution in [-0.4, -0.2) is 50.1 Å². The first-order valence-corrected chi connectivity index (χ1v) is 9.87. The fourth-order valence-electron chi connectivity index (χ4n) is 4.35. The summed E-state index contributed by atoms with van der Waals surface area (Å²) in [5.41, 5.74) is 0.885. The lowest BCUT2D eigenvalue weighted by atomic mass is 9.83. The lowest BCUT2D eigenvalue weighted by molar-refractivity contribution is -0.144. The average molecular weight is 374 g/mol. The number of carbonyl (C=O) groups excluding carboxylic acids is 2. The van der Waals surface area contributed by atoms with Crippen LogP contribution in [0, 0.1) is 5.92 Å². The Morgan fingerprint density at radius 1 is 1.19 bits per heavy atom. The van der Waals surface area contributed by atoms with Crippen LogP contribution in [0.15, 0.2) is 24.3 Å². The molecule has 1 saturated heterocycles. The van der Waals surface area contributed by atoms with Gasteiger partial charge in [0.1, 0.15) is 5.75 Å². The number of ether oxygens (including phenoxy) is 2. The summed E-state index contributed by atoms with van der Waals surface area (Å²) < 4.78 is 10.8. The molecule has 0 unspecified atom stereocenters. The molecule has 0 bridgehead atoms. The van der Waals surface area contributed by atoms with E-state index in [9.17, 15) is 9.59 Å². The second-order valence-corrected chi connectivity index (χ2v) is 7.40. The molecule has 1 aromatic rings. The van der Waals surface area contributed by atoms with Gasteiger partial charge in [0, 0.05) is 31.7 Å². The Balaban J connectivity index is 1.91. The molecule has 1 aromatic carbocycles. The van der Waals surface area contributed by atoms with Gasteiger partial charge in [-0.25, -0.2) is 0 Å². The summed E-state index contributed by atoms with van der Waals surface area (Å²) >= 11 is 0. The minimum atomic E-state index is -0.334. The van der Waals surface area contributed by atoms with Gasteiger partial charge in [-0.1, -0.05) is 31.0 Å². The van der Waals surface area contributed by atoms with Crippen molar-refractivity contribution >= 4 is 11.8 Å². The normalized spacial score (nSPS) is 23.5. The largest absolute Gasteiger partial charge is 0.496 e. The molecule has 2 aliphatic rings. The third-order valence-corrected chi connectivity index (χ3v) is 5.74. The van der Waals surface area contributed by atoms with Crippen LogP contribution in [-0.2, 0) is 14.3 Å². The van der Waals surface area contributed by atoms with Crippen molar-refractivity contribution in [3.8, 4) is 5.75 Å². The van der Waals surface area contributed by atoms with E-state index in [-0.39, 0.29) is 29.8 Å². The number of methoxy groups -OCH3 is 2. The zero-order chi connectivity index (χ0) is 19.2. The molecule has 0 spiro atoms. The van der Waals surface area contributed by atoms with Crippen molar-refractivity contribution in [2.24, 2.45) is 5.92 Å². The number of nitrogens with one attached hydrogen (secondary N) is 1. The smallest absolute Gasteiger partial charge is 0.225 e. The number of rotatable bonds is 7. The Hall–Kier alpha value is -2.08. The number of likely N-dealkylation sites (tertiary alicyclic amines) is 1. The Morgan fingerprint density at radius 3 is 2.63 bits per heavy atom. The fraction of sp³-hybridized carbons (Fsp3) is 0.619. The van der Waals surface area contributed by atoms with Gasteiger partial charge in [0.2, 0.25) is 11.8 Å². The number of piperidine rings is 1. The van der Waals surface area contributed by atoms with Crippen LogP contribution in [0.1, 0.15) is 50.1 Å². The van der Waals surface area contributed by atoms with E-state index >= 15 is 0 Å². The van der Waals surface area contributed by atoms with Gasteiger partial charge in [-0.15, -0.1) is 0 Å². The molecule has 0 radical (unpaired) electrons. The molecular weight excluding hydrogens is 344 g/mol. The first kappa shape index (κ1) is 19.7. The van der Waals surface area contributed by atoms with Crippen molar-refractivity contribution in [2.45, 2.75) is 50.6 Å². The highest BCUT2D eigenvalue weighted by atomic mass is 16.5. The Kier molecular flexibility index (Phi) is 6.72. The average Bonchev–Trinajstić information content (AvgIpc) is 3.19. The second kappa shape index (κ2) is 9.22. The molecule has 6 nitrogen and oxygen atoms in total. The summed E-state index contributed by atoms with van der Waals surface area (Å²) in [6.07, 6.45) is 5.38. The summed E-state index contributed by atoms with van der Waals surface area (Å²) in [5, 5.41) is 3.23. The maximum absolute atomic E-state index is 13.1. The van der Waals surface area contributed by atoms with Gasteiger partial charge >= 0.3 is 0 Å². The second-order valence-electron chi connectivity index (χ2n) is 7.40. The molecule has 6 heteroatoms. The summed E-state index contributed by atoms with van der Waals surface area (Å²) in [4.78, 5) is 27.6. The standard InChI is InChI=1S/C21H30N2O4/c1-26-14-13-23-19(24)12-11-17(21(25)22-15-7-3-4-8-15)20(23)16-9-5-6-10-18(16)27-2/h5-6,9-10,15,17,20H,3-4,7-8,11-14H2,1-2H3,(H,22,25)/t17-,20+/m1/s1. The Morgan fingerprint density at radius 2 is 1.93 bits per heavy atom. The van der Waals surface area contributed by atoms with Crippen LogP contribution in [0.3, 0.4) is 0 Å². The van der Waals surface area contributed by atoms with E-state index in [4.69, 9.17) is 9.47 Å². The van der Waals surface area contributed by atoms with Crippen molar-refractivity contribution in [3.63, 3.8) is 0 Å². The van der Waals surface area contributed by atoms with Crippen molar-refractivity contribution < 1.29 is 19.1 Å². The van der Waals surface area contributed by atoms with Crippen molar-refractivity contribution in [3.05, 3.63) is 29.8 Å². The third-order valence-electron chi connectivity index (χ3n) is 5.74. The number of para-hydroxylation sites is 1. The van der Waals surface area contributed by atoms with Crippen LogP contribution in [0.4, 0.5) is 0 Å². The van der Waals surface area contributed by atoms with E-state index in [1.165, 1.54) is 12.8 Å². The SMILES string of the molecule is COCCN1C(=O)CC[C@@H](C(=O)NC2CCCC2)[C@@H]1c1ccccc1OC. The van der Waals surface area contributed by atoms with Crippen LogP contribution < -0.4 is 10.1 Å². The highest BCUT2D eigenvalue weighted by Crippen LogP contribution is 2.40. The molecule has 148 valence electrons. The highest BCUT2D eigenvalue weighted by Gasteiger charge is 2.42. The van der Waals surface area contributed by atoms with E-state index in [0.717, 1.165) is 18.4 Å². The van der Waals surface area contributed by atoms with Gasteiger partial charge in [0.05, 0.1) is 25.7 Å². The molecule has 1 aliphatic heterocycles. The van der Waals surface area contributed by atoms with E-state index < -0.39 is 0 Å². The fourth-order valence-corrected chi connectivity index (χ4v) is 4.35. The maximum Gasteiger partial charge on any atom is 0.225 e. The van der Waals surface area contributed by atoms with Gasteiger partial charge in [0.15, 0.2) is 0 Å². The van der Waals surface area contributed by atoms with Gasteiger partial charge in [-0.05, 0) is 25.3 Å². The lowest BCUT2D eigenvalue weighted by Gasteiger charge is -2.41. The first-order chi connectivity index (χ1) is 13.2. The lowest BCUT2D eigenvalue weighted by Crippen LogP contribution is -2.50. The Labute approximate surface area is 161 Å². The first-order valence-electron chi connectivity index (χ1n) is 9.87. The van der Waals surface area contributed by atoms with Crippen LogP contribution in [0.2, 0.25) is 0 Å². The molecule has 3 rings (SSSR count). The quantitative estimate of drug-likeness (QED) is 0.797. The van der Waals surface area contributed by atoms with E-state index in [2.05, 4.69) is 5.32 Å². The summed E-state index contributed by atoms with van der Waals surface area (Å²) in [6.45, 7) is 0.902. The molecule has 0 aromatic heterocycles. The predicted molar refractivity (Wildman–Crippen MR) is 102 cm³/mol. The zero-order valence-corrected chi connectivity index (χ0v) is 16.3. The molecule has 1 heterocycles. The molecule has 1 aliphatic carbocycles. The number of hydrogen-bond acceptors (Lipinski definition) is 4. The van der Waals surface area contributed by atoms with Gasteiger partial charge < -0.3 is 19.7 Å². The number of hydrogen-bond donors (Lipinski definition) is 1. The number of benzene rings is 1. The van der Waals surface area contributed by atoms with Crippen LogP contribution >= 0.6 is 0 Å². The van der Waals surface area contributed by atoms with E-state index in [1.807, 2.05) is 24.3 Å². The topological polar surface area (TPSA) is 67.9 Å². The molecule has 1 N–H and O–H groups in total. The highest BCUT2D eigenvalue weighted by molar-refractivity contribution is 5.85. The Bertz CT molecular complexity index is 657. The zero-order valence-electron chi connectivity index (χ0n) is 16.3. The monoisotopic (exact) mass is 374 g/mol. The van der Waals surface area contributed by atoms with E-state index in [1.54, 1.807) is 19.1 Å². The van der Waals surface area contributed by atoms with E-state index in [0.29, 0.717) is 31.7 Å². The predicted octanol–water partition coefficient (Wildman–Crippen LogP) is 2.68. The van der Waals surface area contributed by atoms with Gasteiger partial charge in [-0.3, -0.25) is 9.59 Å². The van der Waals surface area contributed by atoms with Crippen molar-refractivity contribution in [1.82, 2.24) is 10.2 Å². The summed E-state index contributed by atoms with van der Waals surface area (Å²) in [6, 6.07) is 7.60. The maximum atomic E-state index is 13.1. The van der Waals surface area contributed by atoms with Gasteiger partial charge in [-0.2, -0.15) is 0 Å². The van der Waals surface area contributed by atoms with Crippen LogP contribution in [0.5, 0.6) is 5.75 Å². The molecular formula is C21H30N2O4. The van der Waals surface area contributed by atoms with Crippen molar-refractivity contribution in [1.29, 1.82) is 0 Å². The third kappa shape index (κ3) is 4.43. The number of nitrogens with zero attached hydrogens (tertiary/aromatic N) is 1. The molecule has 1 saturated carbocycles. The minimum absolute atomic E-state index is 0.0488.